The molecule has 0 aromatic carbocycles. The minimum absolute atomic E-state index is 0.651. The van der Waals surface area contributed by atoms with Crippen molar-refractivity contribution >= 4 is 0 Å². The summed E-state index contributed by atoms with van der Waals surface area (Å²) in [7, 11) is 0. The standard InChI is InChI=1S/C16H20N4/c1-2-12(8-17-7-1)15-13(10-19-20-15)9-18-11-16(5-6-16)14-3-4-14/h1-2,7-8,10,14,18H,3-6,9,11H2,(H,19,20). The van der Waals surface area contributed by atoms with E-state index in [1.807, 2.05) is 18.5 Å². The van der Waals surface area contributed by atoms with Crippen molar-refractivity contribution in [3.05, 3.63) is 36.3 Å². The minimum atomic E-state index is 0.651. The van der Waals surface area contributed by atoms with Crippen LogP contribution in [0.3, 0.4) is 0 Å². The van der Waals surface area contributed by atoms with Crippen LogP contribution in [0.15, 0.2) is 30.7 Å². The molecule has 4 heteroatoms. The highest BCUT2D eigenvalue weighted by molar-refractivity contribution is 5.61. The lowest BCUT2D eigenvalue weighted by Gasteiger charge is -2.14. The first kappa shape index (κ1) is 12.1. The average molecular weight is 268 g/mol. The Balaban J connectivity index is 1.41. The zero-order chi connectivity index (χ0) is 13.4. The SMILES string of the molecule is c1cncc(-c2[nH]ncc2CNCC2(C3CC3)CC2)c1. The van der Waals surface area contributed by atoms with E-state index in [9.17, 15) is 0 Å². The molecule has 4 rings (SSSR count). The Labute approximate surface area is 119 Å². The molecule has 0 amide bonds. The van der Waals surface area contributed by atoms with E-state index >= 15 is 0 Å². The monoisotopic (exact) mass is 268 g/mol. The second-order valence-electron chi connectivity index (χ2n) is 6.25. The Morgan fingerprint density at radius 1 is 1.30 bits per heavy atom. The van der Waals surface area contributed by atoms with Gasteiger partial charge in [-0.1, -0.05) is 0 Å². The molecule has 4 nitrogen and oxygen atoms in total. The summed E-state index contributed by atoms with van der Waals surface area (Å²) in [5.74, 6) is 1.01. The normalized spacial score (nSPS) is 20.0. The van der Waals surface area contributed by atoms with Crippen LogP contribution in [0.1, 0.15) is 31.2 Å². The molecule has 0 atom stereocenters. The molecule has 2 N–H and O–H groups in total. The lowest BCUT2D eigenvalue weighted by Crippen LogP contribution is -2.25. The zero-order valence-electron chi connectivity index (χ0n) is 11.6. The fourth-order valence-corrected chi connectivity index (χ4v) is 3.24. The number of aromatic amines is 1. The van der Waals surface area contributed by atoms with Gasteiger partial charge in [0, 0.05) is 36.6 Å². The van der Waals surface area contributed by atoms with E-state index in [1.165, 1.54) is 31.2 Å². The molecule has 2 aromatic rings. The Hall–Kier alpha value is -1.68. The van der Waals surface area contributed by atoms with Gasteiger partial charge in [-0.25, -0.2) is 0 Å². The van der Waals surface area contributed by atoms with Gasteiger partial charge < -0.3 is 5.32 Å². The van der Waals surface area contributed by atoms with Crippen LogP contribution in [-0.4, -0.2) is 21.7 Å². The van der Waals surface area contributed by atoms with Crippen LogP contribution in [0.25, 0.3) is 11.3 Å². The quantitative estimate of drug-likeness (QED) is 0.847. The van der Waals surface area contributed by atoms with Crippen LogP contribution in [0.5, 0.6) is 0 Å². The molecular formula is C16H20N4. The van der Waals surface area contributed by atoms with Crippen molar-refractivity contribution in [1.82, 2.24) is 20.5 Å². The van der Waals surface area contributed by atoms with E-state index in [2.05, 4.69) is 26.6 Å². The van der Waals surface area contributed by atoms with Crippen molar-refractivity contribution < 1.29 is 0 Å². The summed E-state index contributed by atoms with van der Waals surface area (Å²) in [4.78, 5) is 4.17. The summed E-state index contributed by atoms with van der Waals surface area (Å²) in [6.07, 6.45) is 11.3. The van der Waals surface area contributed by atoms with Gasteiger partial charge >= 0.3 is 0 Å². The van der Waals surface area contributed by atoms with E-state index < -0.39 is 0 Å². The molecule has 0 spiro atoms. The van der Waals surface area contributed by atoms with E-state index in [0.717, 1.165) is 30.3 Å². The summed E-state index contributed by atoms with van der Waals surface area (Å²) >= 11 is 0. The molecule has 2 saturated carbocycles. The molecule has 0 unspecified atom stereocenters. The Bertz CT molecular complexity index is 582. The summed E-state index contributed by atoms with van der Waals surface area (Å²) in [6, 6.07) is 4.02. The highest BCUT2D eigenvalue weighted by Gasteiger charge is 2.53. The lowest BCUT2D eigenvalue weighted by molar-refractivity contribution is 0.403. The number of nitrogens with zero attached hydrogens (tertiary/aromatic N) is 2. The van der Waals surface area contributed by atoms with Crippen molar-refractivity contribution in [2.75, 3.05) is 6.54 Å². The maximum Gasteiger partial charge on any atom is 0.0710 e. The van der Waals surface area contributed by atoms with Crippen LogP contribution in [0, 0.1) is 11.3 Å². The number of nitrogens with one attached hydrogen (secondary N) is 2. The first-order valence-electron chi connectivity index (χ1n) is 7.51. The Kier molecular flexibility index (Phi) is 2.84. The summed E-state index contributed by atoms with van der Waals surface area (Å²) in [5, 5.41) is 10.9. The van der Waals surface area contributed by atoms with Gasteiger partial charge in [-0.15, -0.1) is 0 Å². The number of rotatable bonds is 6. The zero-order valence-corrected chi connectivity index (χ0v) is 11.6. The largest absolute Gasteiger partial charge is 0.312 e. The molecule has 0 saturated heterocycles. The number of hydrogen-bond donors (Lipinski definition) is 2. The predicted molar refractivity (Wildman–Crippen MR) is 77.9 cm³/mol. The van der Waals surface area contributed by atoms with Gasteiger partial charge in [-0.3, -0.25) is 10.1 Å². The summed E-state index contributed by atoms with van der Waals surface area (Å²) in [6.45, 7) is 2.05. The lowest BCUT2D eigenvalue weighted by atomic mass is 10.0. The predicted octanol–water partition coefficient (Wildman–Crippen LogP) is 2.75. The smallest absolute Gasteiger partial charge is 0.0710 e. The number of hydrogen-bond acceptors (Lipinski definition) is 3. The van der Waals surface area contributed by atoms with Gasteiger partial charge in [-0.2, -0.15) is 5.10 Å². The highest BCUT2D eigenvalue weighted by atomic mass is 15.1. The fraction of sp³-hybridized carbons (Fsp3) is 0.500. The molecule has 2 aliphatic carbocycles. The van der Waals surface area contributed by atoms with E-state index in [1.54, 1.807) is 6.20 Å². The van der Waals surface area contributed by atoms with Crippen molar-refractivity contribution in [3.63, 3.8) is 0 Å². The molecule has 0 radical (unpaired) electrons. The van der Waals surface area contributed by atoms with Crippen molar-refractivity contribution in [2.24, 2.45) is 11.3 Å². The van der Waals surface area contributed by atoms with Gasteiger partial charge in [0.05, 0.1) is 11.9 Å². The van der Waals surface area contributed by atoms with Crippen molar-refractivity contribution in [3.8, 4) is 11.3 Å². The average Bonchev–Trinajstić information content (AvgIpc) is 3.38. The highest BCUT2D eigenvalue weighted by Crippen LogP contribution is 2.60. The second kappa shape index (κ2) is 4.70. The first-order valence-corrected chi connectivity index (χ1v) is 7.51. The van der Waals surface area contributed by atoms with Gasteiger partial charge in [-0.05, 0) is 49.1 Å². The maximum atomic E-state index is 4.18. The number of H-pyrrole nitrogens is 1. The molecule has 104 valence electrons. The van der Waals surface area contributed by atoms with E-state index in [0.29, 0.717) is 5.41 Å². The molecule has 0 aliphatic heterocycles. The maximum absolute atomic E-state index is 4.18. The molecule has 2 aliphatic rings. The third kappa shape index (κ3) is 2.24. The Morgan fingerprint density at radius 2 is 2.20 bits per heavy atom. The van der Waals surface area contributed by atoms with Crippen LogP contribution in [0.4, 0.5) is 0 Å². The number of pyridine rings is 1. The van der Waals surface area contributed by atoms with Crippen LogP contribution < -0.4 is 5.32 Å². The van der Waals surface area contributed by atoms with Gasteiger partial charge in [0.2, 0.25) is 0 Å². The van der Waals surface area contributed by atoms with E-state index in [-0.39, 0.29) is 0 Å². The third-order valence-corrected chi connectivity index (χ3v) is 4.80. The summed E-state index contributed by atoms with van der Waals surface area (Å²) in [5.41, 5.74) is 4.06. The second-order valence-corrected chi connectivity index (χ2v) is 6.25. The van der Waals surface area contributed by atoms with E-state index in [4.69, 9.17) is 0 Å². The van der Waals surface area contributed by atoms with Crippen LogP contribution >= 0.6 is 0 Å². The molecular weight excluding hydrogens is 248 g/mol. The summed E-state index contributed by atoms with van der Waals surface area (Å²) < 4.78 is 0. The van der Waals surface area contributed by atoms with Crippen molar-refractivity contribution in [1.29, 1.82) is 0 Å². The van der Waals surface area contributed by atoms with Crippen LogP contribution in [0.2, 0.25) is 0 Å². The molecule has 20 heavy (non-hydrogen) atoms. The fourth-order valence-electron chi connectivity index (χ4n) is 3.24. The molecule has 0 bridgehead atoms. The van der Waals surface area contributed by atoms with Gasteiger partial charge in [0.25, 0.3) is 0 Å². The molecule has 2 heterocycles. The number of aromatic nitrogens is 3. The van der Waals surface area contributed by atoms with Gasteiger partial charge in [0.15, 0.2) is 0 Å². The topological polar surface area (TPSA) is 53.6 Å². The van der Waals surface area contributed by atoms with Gasteiger partial charge in [0.1, 0.15) is 0 Å². The first-order chi connectivity index (χ1) is 9.87. The third-order valence-electron chi connectivity index (χ3n) is 4.80. The Morgan fingerprint density at radius 3 is 2.90 bits per heavy atom. The minimum Gasteiger partial charge on any atom is -0.312 e. The van der Waals surface area contributed by atoms with Crippen LogP contribution in [-0.2, 0) is 6.54 Å². The molecule has 2 fully saturated rings. The van der Waals surface area contributed by atoms with Crippen molar-refractivity contribution in [2.45, 2.75) is 32.2 Å². The molecule has 2 aromatic heterocycles.